The number of allylic oxidation sites excluding steroid dienone is 2. The number of carbonyl (C=O) groups is 1. The van der Waals surface area contributed by atoms with Gasteiger partial charge in [-0.15, -0.1) is 5.10 Å². The van der Waals surface area contributed by atoms with Gasteiger partial charge in [-0.25, -0.2) is 4.68 Å². The van der Waals surface area contributed by atoms with Crippen LogP contribution in [0.4, 0.5) is 19.1 Å². The first-order chi connectivity index (χ1) is 15.7. The fourth-order valence-electron chi connectivity index (χ4n) is 4.59. The number of ketones is 1. The van der Waals surface area contributed by atoms with E-state index in [0.29, 0.717) is 29.0 Å². The van der Waals surface area contributed by atoms with Crippen molar-refractivity contribution >= 4 is 11.7 Å². The molecule has 1 aliphatic heterocycles. The van der Waals surface area contributed by atoms with E-state index in [-0.39, 0.29) is 24.1 Å². The third kappa shape index (κ3) is 3.77. The molecule has 0 unspecified atom stereocenters. The van der Waals surface area contributed by atoms with Crippen molar-refractivity contribution in [3.8, 4) is 5.75 Å². The summed E-state index contributed by atoms with van der Waals surface area (Å²) in [6, 6.07) is 14.1. The predicted octanol–water partition coefficient (Wildman–Crippen LogP) is 5.03. The molecule has 170 valence electrons. The number of carbonyl (C=O) groups excluding carboxylic acids is 1. The van der Waals surface area contributed by atoms with Crippen molar-refractivity contribution in [1.29, 1.82) is 0 Å². The lowest BCUT2D eigenvalue weighted by Crippen LogP contribution is -2.33. The Hall–Kier alpha value is -3.62. The summed E-state index contributed by atoms with van der Waals surface area (Å²) < 4.78 is 46.6. The van der Waals surface area contributed by atoms with Crippen molar-refractivity contribution in [3.63, 3.8) is 0 Å². The lowest BCUT2D eigenvalue weighted by atomic mass is 9.78. The maximum absolute atomic E-state index is 13.4. The summed E-state index contributed by atoms with van der Waals surface area (Å²) in [4.78, 5) is 17.1. The number of aromatic nitrogens is 3. The van der Waals surface area contributed by atoms with Gasteiger partial charge in [0.2, 0.25) is 5.95 Å². The Morgan fingerprint density at radius 1 is 1.09 bits per heavy atom. The van der Waals surface area contributed by atoms with Gasteiger partial charge in [-0.1, -0.05) is 42.0 Å². The van der Waals surface area contributed by atoms with Gasteiger partial charge in [0.1, 0.15) is 11.8 Å². The van der Waals surface area contributed by atoms with E-state index in [1.165, 1.54) is 4.68 Å². The van der Waals surface area contributed by atoms with E-state index < -0.39 is 18.0 Å². The molecule has 0 saturated heterocycles. The molecule has 0 amide bonds. The molecule has 3 aromatic rings. The number of Topliss-reactive ketones (excluding diaryl/α,β-unsaturated/α-hetero) is 1. The number of methoxy groups -OCH3 is 1. The van der Waals surface area contributed by atoms with Crippen molar-refractivity contribution in [2.45, 2.75) is 37.9 Å². The van der Waals surface area contributed by atoms with Crippen LogP contribution in [0.3, 0.4) is 0 Å². The zero-order valence-electron chi connectivity index (χ0n) is 18.0. The Morgan fingerprint density at radius 3 is 2.52 bits per heavy atom. The number of fused-ring (bicyclic) bond motifs is 1. The van der Waals surface area contributed by atoms with E-state index in [1.54, 1.807) is 13.2 Å². The van der Waals surface area contributed by atoms with Crippen LogP contribution in [0.25, 0.3) is 0 Å². The third-order valence-electron chi connectivity index (χ3n) is 6.12. The van der Waals surface area contributed by atoms with Crippen LogP contribution in [0.1, 0.15) is 47.3 Å². The summed E-state index contributed by atoms with van der Waals surface area (Å²) in [5.74, 6) is -0.767. The number of aryl methyl sites for hydroxylation is 1. The summed E-state index contributed by atoms with van der Waals surface area (Å²) in [7, 11) is 1.58. The number of ether oxygens (including phenoxy) is 1. The van der Waals surface area contributed by atoms with Crippen LogP contribution >= 0.6 is 0 Å². The van der Waals surface area contributed by atoms with Gasteiger partial charge in [-0.3, -0.25) is 4.79 Å². The molecule has 0 spiro atoms. The number of nitrogens with zero attached hydrogens (tertiary/aromatic N) is 3. The molecule has 0 bridgehead atoms. The SMILES string of the molecule is COc1ccc([C@H]2CC(=O)C3=C(C2)Nc2nc(C(F)(F)F)nn2[C@@H]3c2cccc(C)c2)cc1. The number of nitrogens with one attached hydrogen (secondary N) is 1. The second-order valence-corrected chi connectivity index (χ2v) is 8.34. The van der Waals surface area contributed by atoms with Crippen molar-refractivity contribution in [2.24, 2.45) is 0 Å². The van der Waals surface area contributed by atoms with Gasteiger partial charge in [0.25, 0.3) is 5.82 Å². The minimum atomic E-state index is -4.70. The van der Waals surface area contributed by atoms with Crippen LogP contribution in [-0.2, 0) is 11.0 Å². The largest absolute Gasteiger partial charge is 0.497 e. The molecule has 6 nitrogen and oxygen atoms in total. The maximum atomic E-state index is 13.4. The normalized spacial score (nSPS) is 20.2. The molecule has 1 aliphatic carbocycles. The molecule has 2 aromatic carbocycles. The molecule has 5 rings (SSSR count). The maximum Gasteiger partial charge on any atom is 0.453 e. The molecule has 0 saturated carbocycles. The van der Waals surface area contributed by atoms with E-state index in [4.69, 9.17) is 4.74 Å². The van der Waals surface area contributed by atoms with Gasteiger partial charge in [-0.2, -0.15) is 18.2 Å². The Bertz CT molecular complexity index is 1260. The number of benzene rings is 2. The van der Waals surface area contributed by atoms with E-state index in [1.807, 2.05) is 49.4 Å². The van der Waals surface area contributed by atoms with Gasteiger partial charge in [0.15, 0.2) is 5.78 Å². The second kappa shape index (κ2) is 7.75. The van der Waals surface area contributed by atoms with Crippen molar-refractivity contribution in [3.05, 3.63) is 82.3 Å². The minimum Gasteiger partial charge on any atom is -0.497 e. The highest BCUT2D eigenvalue weighted by Crippen LogP contribution is 2.45. The fourth-order valence-corrected chi connectivity index (χ4v) is 4.59. The van der Waals surface area contributed by atoms with Crippen molar-refractivity contribution < 1.29 is 22.7 Å². The molecular formula is C24H21F3N4O2. The van der Waals surface area contributed by atoms with E-state index >= 15 is 0 Å². The van der Waals surface area contributed by atoms with E-state index in [2.05, 4.69) is 15.4 Å². The molecule has 1 N–H and O–H groups in total. The van der Waals surface area contributed by atoms with Crippen LogP contribution in [0, 0.1) is 6.92 Å². The Balaban J connectivity index is 1.60. The van der Waals surface area contributed by atoms with Crippen LogP contribution < -0.4 is 10.1 Å². The number of hydrogen-bond donors (Lipinski definition) is 1. The highest BCUT2D eigenvalue weighted by Gasteiger charge is 2.43. The first-order valence-corrected chi connectivity index (χ1v) is 10.5. The smallest absolute Gasteiger partial charge is 0.453 e. The number of hydrogen-bond acceptors (Lipinski definition) is 5. The van der Waals surface area contributed by atoms with E-state index in [0.717, 1.165) is 11.1 Å². The Morgan fingerprint density at radius 2 is 1.85 bits per heavy atom. The molecule has 2 heterocycles. The average molecular weight is 454 g/mol. The molecule has 9 heteroatoms. The summed E-state index contributed by atoms with van der Waals surface area (Å²) in [5.41, 5.74) is 3.63. The summed E-state index contributed by atoms with van der Waals surface area (Å²) in [5, 5.41) is 6.73. The number of halogens is 3. The summed E-state index contributed by atoms with van der Waals surface area (Å²) in [6.45, 7) is 1.89. The quantitative estimate of drug-likeness (QED) is 0.601. The van der Waals surface area contributed by atoms with Gasteiger partial charge in [-0.05, 0) is 42.5 Å². The summed E-state index contributed by atoms with van der Waals surface area (Å²) >= 11 is 0. The lowest BCUT2D eigenvalue weighted by molar-refractivity contribution is -0.145. The molecule has 1 aromatic heterocycles. The highest BCUT2D eigenvalue weighted by atomic mass is 19.4. The lowest BCUT2D eigenvalue weighted by Gasteiger charge is -2.35. The zero-order valence-corrected chi connectivity index (χ0v) is 18.0. The summed E-state index contributed by atoms with van der Waals surface area (Å²) in [6.07, 6.45) is -3.96. The van der Waals surface area contributed by atoms with Crippen LogP contribution in [-0.4, -0.2) is 27.7 Å². The van der Waals surface area contributed by atoms with Gasteiger partial charge in [0.05, 0.1) is 7.11 Å². The molecule has 2 atom stereocenters. The van der Waals surface area contributed by atoms with Gasteiger partial charge < -0.3 is 10.1 Å². The third-order valence-corrected chi connectivity index (χ3v) is 6.12. The van der Waals surface area contributed by atoms with Crippen LogP contribution in [0.2, 0.25) is 0 Å². The predicted molar refractivity (Wildman–Crippen MR) is 115 cm³/mol. The monoisotopic (exact) mass is 454 g/mol. The molecule has 0 radical (unpaired) electrons. The highest BCUT2D eigenvalue weighted by molar-refractivity contribution is 6.00. The minimum absolute atomic E-state index is 0.0178. The van der Waals surface area contributed by atoms with Gasteiger partial charge >= 0.3 is 6.18 Å². The zero-order chi connectivity index (χ0) is 23.3. The molecular weight excluding hydrogens is 433 g/mol. The first-order valence-electron chi connectivity index (χ1n) is 10.5. The first kappa shape index (κ1) is 21.2. The standard InChI is InChI=1S/C24H21F3N4O2/c1-13-4-3-5-15(10-13)21-20-18(28-23-29-22(24(25,26)27)30-31(21)23)11-16(12-19(20)32)14-6-8-17(33-2)9-7-14/h3-10,16,21H,11-12H2,1-2H3,(H,28,29,30)/t16-,21-/m1/s1. The fraction of sp³-hybridized carbons (Fsp3) is 0.292. The Labute approximate surface area is 188 Å². The van der Waals surface area contributed by atoms with Crippen molar-refractivity contribution in [2.75, 3.05) is 12.4 Å². The van der Waals surface area contributed by atoms with Crippen LogP contribution in [0.5, 0.6) is 5.75 Å². The molecule has 33 heavy (non-hydrogen) atoms. The van der Waals surface area contributed by atoms with Crippen LogP contribution in [0.15, 0.2) is 59.8 Å². The van der Waals surface area contributed by atoms with E-state index in [9.17, 15) is 18.0 Å². The van der Waals surface area contributed by atoms with Gasteiger partial charge in [0, 0.05) is 17.7 Å². The average Bonchev–Trinajstić information content (AvgIpc) is 3.22. The second-order valence-electron chi connectivity index (χ2n) is 8.34. The molecule has 2 aliphatic rings. The number of anilines is 1. The number of rotatable bonds is 3. The molecule has 0 fully saturated rings. The van der Waals surface area contributed by atoms with Crippen molar-refractivity contribution in [1.82, 2.24) is 14.8 Å². The number of alkyl halides is 3. The topological polar surface area (TPSA) is 69.0 Å². The Kier molecular flexibility index (Phi) is 4.99.